The molecule has 23 heavy (non-hydrogen) atoms. The highest BCUT2D eigenvalue weighted by Gasteiger charge is 2.28. The Labute approximate surface area is 146 Å². The fourth-order valence-corrected chi connectivity index (χ4v) is 4.48. The zero-order chi connectivity index (χ0) is 16.4. The van der Waals surface area contributed by atoms with Crippen LogP contribution in [0.25, 0.3) is 0 Å². The minimum absolute atomic E-state index is 0.0836. The van der Waals surface area contributed by atoms with Crippen LogP contribution in [0.1, 0.15) is 12.8 Å². The van der Waals surface area contributed by atoms with Gasteiger partial charge < -0.3 is 15.4 Å². The predicted molar refractivity (Wildman–Crippen MR) is 93.4 cm³/mol. The average molecular weight is 376 g/mol. The zero-order valence-electron chi connectivity index (χ0n) is 12.4. The third-order valence-corrected chi connectivity index (χ3v) is 6.29. The second-order valence-electron chi connectivity index (χ2n) is 5.53. The number of rotatable bonds is 4. The molecule has 9 heteroatoms. The highest BCUT2D eigenvalue weighted by atomic mass is 35.5. The van der Waals surface area contributed by atoms with Gasteiger partial charge in [-0.25, -0.2) is 8.42 Å². The van der Waals surface area contributed by atoms with E-state index in [9.17, 15) is 8.42 Å². The van der Waals surface area contributed by atoms with Crippen molar-refractivity contribution in [3.05, 3.63) is 23.2 Å². The maximum atomic E-state index is 12.7. The van der Waals surface area contributed by atoms with Crippen LogP contribution >= 0.6 is 23.8 Å². The maximum Gasteiger partial charge on any atom is 0.244 e. The Balaban J connectivity index is 1.80. The molecule has 0 unspecified atom stereocenters. The lowest BCUT2D eigenvalue weighted by Crippen LogP contribution is -2.40. The smallest absolute Gasteiger partial charge is 0.244 e. The van der Waals surface area contributed by atoms with Gasteiger partial charge in [0.25, 0.3) is 0 Å². The Bertz CT molecular complexity index is 701. The fraction of sp³-hybridized carbons (Fsp3) is 0.500. The van der Waals surface area contributed by atoms with Gasteiger partial charge >= 0.3 is 0 Å². The summed E-state index contributed by atoms with van der Waals surface area (Å²) in [6.07, 6.45) is 2.22. The normalized spacial score (nSPS) is 19.3. The number of benzene rings is 1. The summed E-state index contributed by atoms with van der Waals surface area (Å²) in [4.78, 5) is 0.0836. The van der Waals surface area contributed by atoms with Crippen molar-refractivity contribution in [1.82, 2.24) is 9.62 Å². The topological polar surface area (TPSA) is 70.7 Å². The second kappa shape index (κ2) is 6.90. The van der Waals surface area contributed by atoms with Crippen LogP contribution in [0.15, 0.2) is 23.1 Å². The molecule has 1 aliphatic heterocycles. The first-order valence-electron chi connectivity index (χ1n) is 7.42. The molecule has 0 bridgehead atoms. The zero-order valence-corrected chi connectivity index (χ0v) is 14.8. The first-order valence-corrected chi connectivity index (χ1v) is 9.64. The Hall–Kier alpha value is -0.930. The molecular weight excluding hydrogens is 358 g/mol. The van der Waals surface area contributed by atoms with Crippen LogP contribution in [-0.2, 0) is 14.8 Å². The van der Waals surface area contributed by atoms with Gasteiger partial charge in [0.1, 0.15) is 4.90 Å². The Morgan fingerprint density at radius 3 is 2.65 bits per heavy atom. The van der Waals surface area contributed by atoms with Crippen molar-refractivity contribution in [3.8, 4) is 0 Å². The molecule has 1 heterocycles. The number of morpholine rings is 1. The van der Waals surface area contributed by atoms with E-state index in [0.717, 1.165) is 12.8 Å². The van der Waals surface area contributed by atoms with Crippen molar-refractivity contribution in [3.63, 3.8) is 0 Å². The van der Waals surface area contributed by atoms with E-state index >= 15 is 0 Å². The SMILES string of the molecule is O=S(=O)(c1cc(NC(=S)NC2CC2)ccc1Cl)N1CCOCC1. The number of nitrogens with one attached hydrogen (secondary N) is 2. The van der Waals surface area contributed by atoms with Crippen molar-refractivity contribution in [2.24, 2.45) is 0 Å². The first-order chi connectivity index (χ1) is 11.0. The van der Waals surface area contributed by atoms with Gasteiger partial charge in [-0.3, -0.25) is 0 Å². The minimum Gasteiger partial charge on any atom is -0.379 e. The summed E-state index contributed by atoms with van der Waals surface area (Å²) in [6, 6.07) is 5.23. The second-order valence-corrected chi connectivity index (χ2v) is 8.26. The number of nitrogens with zero attached hydrogens (tertiary/aromatic N) is 1. The highest BCUT2D eigenvalue weighted by molar-refractivity contribution is 7.89. The lowest BCUT2D eigenvalue weighted by Gasteiger charge is -2.26. The summed E-state index contributed by atoms with van der Waals surface area (Å²) in [5, 5.41) is 6.85. The molecule has 1 saturated carbocycles. The van der Waals surface area contributed by atoms with Crippen molar-refractivity contribution < 1.29 is 13.2 Å². The molecule has 1 aromatic carbocycles. The summed E-state index contributed by atoms with van der Waals surface area (Å²) in [6.45, 7) is 1.45. The third-order valence-electron chi connectivity index (χ3n) is 3.69. The van der Waals surface area contributed by atoms with Gasteiger partial charge in [-0.2, -0.15) is 4.31 Å². The Morgan fingerprint density at radius 2 is 2.00 bits per heavy atom. The maximum absolute atomic E-state index is 12.7. The molecule has 2 N–H and O–H groups in total. The van der Waals surface area contributed by atoms with Crippen LogP contribution in [0.4, 0.5) is 5.69 Å². The molecule has 3 rings (SSSR count). The van der Waals surface area contributed by atoms with Crippen LogP contribution in [-0.4, -0.2) is 50.2 Å². The molecule has 6 nitrogen and oxygen atoms in total. The number of halogens is 1. The van der Waals surface area contributed by atoms with Crippen molar-refractivity contribution in [2.45, 2.75) is 23.8 Å². The highest BCUT2D eigenvalue weighted by Crippen LogP contribution is 2.28. The lowest BCUT2D eigenvalue weighted by molar-refractivity contribution is 0.0730. The van der Waals surface area contributed by atoms with Crippen molar-refractivity contribution in [1.29, 1.82) is 0 Å². The van der Waals surface area contributed by atoms with E-state index in [1.54, 1.807) is 12.1 Å². The standard InChI is InChI=1S/C14H18ClN3O3S2/c15-12-4-3-11(17-14(22)16-10-1-2-10)9-13(12)23(19,20)18-5-7-21-8-6-18/h3-4,9-10H,1-2,5-8H2,(H2,16,17,22). The summed E-state index contributed by atoms with van der Waals surface area (Å²) in [7, 11) is -3.64. The average Bonchev–Trinajstić information content (AvgIpc) is 3.34. The molecule has 1 aliphatic carbocycles. The summed E-state index contributed by atoms with van der Waals surface area (Å²) in [5.74, 6) is 0. The predicted octanol–water partition coefficient (Wildman–Crippen LogP) is 1.81. The van der Waals surface area contributed by atoms with Crippen molar-refractivity contribution in [2.75, 3.05) is 31.6 Å². The molecule has 0 amide bonds. The van der Waals surface area contributed by atoms with E-state index in [2.05, 4.69) is 10.6 Å². The molecule has 0 atom stereocenters. The first kappa shape index (κ1) is 16.9. The Kier molecular flexibility index (Phi) is 5.07. The van der Waals surface area contributed by atoms with Crippen LogP contribution in [0.3, 0.4) is 0 Å². The van der Waals surface area contributed by atoms with E-state index in [4.69, 9.17) is 28.6 Å². The molecular formula is C14H18ClN3O3S2. The molecule has 2 fully saturated rings. The number of ether oxygens (including phenoxy) is 1. The van der Waals surface area contributed by atoms with E-state index in [1.165, 1.54) is 10.4 Å². The molecule has 1 aromatic rings. The number of hydrogen-bond acceptors (Lipinski definition) is 4. The van der Waals surface area contributed by atoms with E-state index < -0.39 is 10.0 Å². The Morgan fingerprint density at radius 1 is 1.30 bits per heavy atom. The fourth-order valence-electron chi connectivity index (χ4n) is 2.29. The largest absolute Gasteiger partial charge is 0.379 e. The molecule has 126 valence electrons. The van der Waals surface area contributed by atoms with Crippen LogP contribution in [0.2, 0.25) is 5.02 Å². The van der Waals surface area contributed by atoms with Gasteiger partial charge in [0, 0.05) is 24.8 Å². The van der Waals surface area contributed by atoms with Gasteiger partial charge in [0.15, 0.2) is 5.11 Å². The van der Waals surface area contributed by atoms with E-state index in [1.807, 2.05) is 0 Å². The van der Waals surface area contributed by atoms with Gasteiger partial charge in [-0.05, 0) is 43.3 Å². The molecule has 1 saturated heterocycles. The molecule has 0 aromatic heterocycles. The number of hydrogen-bond donors (Lipinski definition) is 2. The number of anilines is 1. The molecule has 2 aliphatic rings. The summed E-state index contributed by atoms with van der Waals surface area (Å²) in [5.41, 5.74) is 0.597. The molecule has 0 spiro atoms. The van der Waals surface area contributed by atoms with Crippen LogP contribution in [0, 0.1) is 0 Å². The summed E-state index contributed by atoms with van der Waals surface area (Å²) < 4.78 is 32.1. The molecule has 0 radical (unpaired) electrons. The summed E-state index contributed by atoms with van der Waals surface area (Å²) >= 11 is 11.3. The van der Waals surface area contributed by atoms with Crippen molar-refractivity contribution >= 4 is 44.6 Å². The van der Waals surface area contributed by atoms with Crippen LogP contribution in [0.5, 0.6) is 0 Å². The monoisotopic (exact) mass is 375 g/mol. The van der Waals surface area contributed by atoms with Crippen LogP contribution < -0.4 is 10.6 Å². The van der Waals surface area contributed by atoms with Gasteiger partial charge in [-0.15, -0.1) is 0 Å². The lowest BCUT2D eigenvalue weighted by atomic mass is 10.3. The van der Waals surface area contributed by atoms with E-state index in [-0.39, 0.29) is 9.92 Å². The third kappa shape index (κ3) is 4.13. The van der Waals surface area contributed by atoms with E-state index in [0.29, 0.717) is 43.1 Å². The minimum atomic E-state index is -3.64. The van der Waals surface area contributed by atoms with Gasteiger partial charge in [0.2, 0.25) is 10.0 Å². The van der Waals surface area contributed by atoms with Gasteiger partial charge in [0.05, 0.1) is 18.2 Å². The number of thiocarbonyl (C=S) groups is 1. The quantitative estimate of drug-likeness (QED) is 0.782. The van der Waals surface area contributed by atoms with Gasteiger partial charge in [-0.1, -0.05) is 11.6 Å². The number of sulfonamides is 1.